The minimum atomic E-state index is 0. The quantitative estimate of drug-likeness (QED) is 0.310. The molecule has 0 aromatic carbocycles. The van der Waals surface area contributed by atoms with Gasteiger partial charge in [0.05, 0.1) is 0 Å². The molecule has 0 radical (unpaired) electrons. The Labute approximate surface area is 167 Å². The van der Waals surface area contributed by atoms with Gasteiger partial charge in [0.15, 0.2) is 0 Å². The summed E-state index contributed by atoms with van der Waals surface area (Å²) in [6.07, 6.45) is 23.4. The Bertz CT molecular complexity index is 123. The van der Waals surface area contributed by atoms with Crippen LogP contribution in [0.25, 0.3) is 0 Å². The molecule has 0 amide bonds. The van der Waals surface area contributed by atoms with Crippen molar-refractivity contribution < 1.29 is 52.8 Å². The first-order chi connectivity index (χ1) is 8.91. The first-order valence-electron chi connectivity index (χ1n) is 8.91. The number of hydrogen-bond donors (Lipinski definition) is 0. The molecule has 0 fully saturated rings. The van der Waals surface area contributed by atoms with Gasteiger partial charge in [-0.2, -0.15) is 0 Å². The normalized spacial score (nSPS) is 10.4. The Morgan fingerprint density at radius 1 is 0.368 bits per heavy atom. The number of rotatable bonds is 15. The van der Waals surface area contributed by atoms with Gasteiger partial charge in [-0.15, -0.1) is 0 Å². The van der Waals surface area contributed by atoms with Crippen molar-refractivity contribution >= 4 is 0 Å². The van der Waals surface area contributed by atoms with Crippen molar-refractivity contribution in [2.45, 2.75) is 117 Å². The van der Waals surface area contributed by atoms with Crippen molar-refractivity contribution in [2.24, 2.45) is 0 Å². The van der Waals surface area contributed by atoms with Gasteiger partial charge in [-0.05, 0) is 0 Å². The zero-order valence-corrected chi connectivity index (χ0v) is 17.4. The molecule has 0 atom stereocenters. The Morgan fingerprint density at radius 3 is 0.684 bits per heavy atom. The minimum Gasteiger partial charge on any atom is -1.00 e. The predicted octanol–water partition coefficient (Wildman–Crippen LogP) is 4.38. The van der Waals surface area contributed by atoms with Gasteiger partial charge in [-0.1, -0.05) is 117 Å². The molecule has 112 valence electrons. The zero-order valence-electron chi connectivity index (χ0n) is 15.3. The van der Waals surface area contributed by atoms with Gasteiger partial charge in [0.25, 0.3) is 0 Å². The second kappa shape index (κ2) is 21.9. The minimum absolute atomic E-state index is 0. The van der Waals surface area contributed by atoms with E-state index in [1.165, 1.54) is 103 Å². The van der Waals surface area contributed by atoms with Crippen molar-refractivity contribution in [3.05, 3.63) is 0 Å². The topological polar surface area (TPSA) is 0 Å². The maximum absolute atomic E-state index is 2.29. The van der Waals surface area contributed by atoms with Gasteiger partial charge in [0, 0.05) is 0 Å². The Morgan fingerprint density at radius 2 is 0.526 bits per heavy atom. The van der Waals surface area contributed by atoms with E-state index >= 15 is 0 Å². The van der Waals surface area contributed by atoms with Crippen molar-refractivity contribution in [1.82, 2.24) is 0 Å². The SMILES string of the molecule is CCCCCCCCCCCCCCCCCC.[H-].[K+]. The van der Waals surface area contributed by atoms with Crippen LogP contribution in [0.4, 0.5) is 0 Å². The first-order valence-corrected chi connectivity index (χ1v) is 8.91. The van der Waals surface area contributed by atoms with E-state index in [4.69, 9.17) is 0 Å². The van der Waals surface area contributed by atoms with Crippen LogP contribution in [-0.2, 0) is 0 Å². The van der Waals surface area contributed by atoms with Gasteiger partial charge in [-0.3, -0.25) is 0 Å². The second-order valence-corrected chi connectivity index (χ2v) is 5.95. The molecule has 0 aliphatic rings. The van der Waals surface area contributed by atoms with E-state index in [-0.39, 0.29) is 52.8 Å². The van der Waals surface area contributed by atoms with Crippen molar-refractivity contribution in [2.75, 3.05) is 0 Å². The zero-order chi connectivity index (χ0) is 13.3. The van der Waals surface area contributed by atoms with Gasteiger partial charge < -0.3 is 1.43 Å². The average Bonchev–Trinajstić information content (AvgIpc) is 2.39. The molecular formula is C18H39K. The molecule has 0 bridgehead atoms. The summed E-state index contributed by atoms with van der Waals surface area (Å²) in [5.74, 6) is 0. The summed E-state index contributed by atoms with van der Waals surface area (Å²) in [5.41, 5.74) is 0. The van der Waals surface area contributed by atoms with Gasteiger partial charge >= 0.3 is 51.4 Å². The van der Waals surface area contributed by atoms with E-state index in [9.17, 15) is 0 Å². The van der Waals surface area contributed by atoms with Crippen molar-refractivity contribution in [3.8, 4) is 0 Å². The van der Waals surface area contributed by atoms with E-state index < -0.39 is 0 Å². The summed E-state index contributed by atoms with van der Waals surface area (Å²) in [4.78, 5) is 0. The van der Waals surface area contributed by atoms with E-state index in [0.717, 1.165) is 0 Å². The van der Waals surface area contributed by atoms with E-state index in [1.807, 2.05) is 0 Å². The summed E-state index contributed by atoms with van der Waals surface area (Å²) in [5, 5.41) is 0. The largest absolute Gasteiger partial charge is 1.00 e. The molecule has 0 unspecified atom stereocenters. The van der Waals surface area contributed by atoms with Crippen LogP contribution in [0.1, 0.15) is 118 Å². The van der Waals surface area contributed by atoms with Crippen molar-refractivity contribution in [3.63, 3.8) is 0 Å². The molecule has 1 heteroatoms. The van der Waals surface area contributed by atoms with Crippen LogP contribution in [0.5, 0.6) is 0 Å². The molecule has 0 rings (SSSR count). The van der Waals surface area contributed by atoms with Gasteiger partial charge in [0.1, 0.15) is 0 Å². The molecule has 0 saturated heterocycles. The van der Waals surface area contributed by atoms with Crippen LogP contribution in [0.15, 0.2) is 0 Å². The molecule has 0 heterocycles. The molecule has 0 N–H and O–H groups in total. The standard InChI is InChI=1S/C18H38.K.H/c1-3-5-7-9-11-13-15-17-18-16-14-12-10-8-6-4-2;;/h3-18H2,1-2H3;;/q;+1;-1. The fourth-order valence-corrected chi connectivity index (χ4v) is 2.62. The fraction of sp³-hybridized carbons (Fsp3) is 1.00. The monoisotopic (exact) mass is 294 g/mol. The molecule has 0 aromatic heterocycles. The second-order valence-electron chi connectivity index (χ2n) is 5.95. The van der Waals surface area contributed by atoms with E-state index in [0.29, 0.717) is 0 Å². The van der Waals surface area contributed by atoms with E-state index in [2.05, 4.69) is 13.8 Å². The van der Waals surface area contributed by atoms with Gasteiger partial charge in [0.2, 0.25) is 0 Å². The van der Waals surface area contributed by atoms with Crippen LogP contribution < -0.4 is 51.4 Å². The summed E-state index contributed by atoms with van der Waals surface area (Å²) in [6, 6.07) is 0. The first kappa shape index (κ1) is 22.9. The van der Waals surface area contributed by atoms with Crippen LogP contribution in [0.2, 0.25) is 0 Å². The fourth-order valence-electron chi connectivity index (χ4n) is 2.62. The molecule has 0 aromatic rings. The number of hydrogen-bond acceptors (Lipinski definition) is 0. The molecule has 19 heavy (non-hydrogen) atoms. The summed E-state index contributed by atoms with van der Waals surface area (Å²) >= 11 is 0. The van der Waals surface area contributed by atoms with Crippen LogP contribution in [-0.4, -0.2) is 0 Å². The number of unbranched alkanes of at least 4 members (excludes halogenated alkanes) is 15. The summed E-state index contributed by atoms with van der Waals surface area (Å²) in [6.45, 7) is 4.59. The van der Waals surface area contributed by atoms with E-state index in [1.54, 1.807) is 0 Å². The average molecular weight is 295 g/mol. The van der Waals surface area contributed by atoms with Crippen molar-refractivity contribution in [1.29, 1.82) is 0 Å². The maximum atomic E-state index is 2.29. The molecule has 0 aliphatic carbocycles. The molecule has 0 aliphatic heterocycles. The Hall–Kier alpha value is 1.64. The van der Waals surface area contributed by atoms with Gasteiger partial charge in [-0.25, -0.2) is 0 Å². The van der Waals surface area contributed by atoms with Crippen LogP contribution in [0, 0.1) is 0 Å². The van der Waals surface area contributed by atoms with Crippen LogP contribution in [0.3, 0.4) is 0 Å². The summed E-state index contributed by atoms with van der Waals surface area (Å²) in [7, 11) is 0. The molecular weight excluding hydrogens is 255 g/mol. The Balaban J connectivity index is -0.00000144. The molecule has 0 nitrogen and oxygen atoms in total. The predicted molar refractivity (Wildman–Crippen MR) is 86.3 cm³/mol. The molecule has 0 spiro atoms. The Kier molecular flexibility index (Phi) is 26.4. The third-order valence-corrected chi connectivity index (χ3v) is 3.96. The summed E-state index contributed by atoms with van der Waals surface area (Å²) < 4.78 is 0. The third kappa shape index (κ3) is 22.1. The third-order valence-electron chi connectivity index (χ3n) is 3.96. The van der Waals surface area contributed by atoms with Crippen LogP contribution >= 0.6 is 0 Å². The smallest absolute Gasteiger partial charge is 1.00 e. The maximum Gasteiger partial charge on any atom is 1.00 e. The molecule has 0 saturated carbocycles.